The van der Waals surface area contributed by atoms with Crippen LogP contribution in [-0.2, 0) is 6.42 Å². The van der Waals surface area contributed by atoms with E-state index in [1.165, 1.54) is 0 Å². The van der Waals surface area contributed by atoms with Gasteiger partial charge in [-0.1, -0.05) is 0 Å². The highest BCUT2D eigenvalue weighted by atomic mass is 16.5. The third-order valence-corrected chi connectivity index (χ3v) is 1.57. The van der Waals surface area contributed by atoms with E-state index in [9.17, 15) is 0 Å². The van der Waals surface area contributed by atoms with Crippen molar-refractivity contribution >= 4 is 0 Å². The van der Waals surface area contributed by atoms with Crippen LogP contribution in [0.5, 0.6) is 5.75 Å². The van der Waals surface area contributed by atoms with Crippen molar-refractivity contribution in [2.75, 3.05) is 7.11 Å². The highest BCUT2D eigenvalue weighted by Gasteiger charge is 2.02. The van der Waals surface area contributed by atoms with E-state index in [-0.39, 0.29) is 0 Å². The Morgan fingerprint density at radius 2 is 2.42 bits per heavy atom. The first-order valence-electron chi connectivity index (χ1n) is 3.64. The molecule has 0 fully saturated rings. The molecule has 3 heteroatoms. The molecular formula is C9H10N2O. The molecule has 0 saturated carbocycles. The van der Waals surface area contributed by atoms with Crippen molar-refractivity contribution in [3.8, 4) is 11.8 Å². The molecule has 0 aliphatic rings. The molecule has 0 unspecified atom stereocenters. The zero-order valence-corrected chi connectivity index (χ0v) is 7.16. The Bertz CT molecular complexity index is 315. The second-order valence-corrected chi connectivity index (χ2v) is 2.47. The van der Waals surface area contributed by atoms with Crippen LogP contribution in [0.2, 0.25) is 0 Å². The molecule has 3 nitrogen and oxygen atoms in total. The van der Waals surface area contributed by atoms with Crippen molar-refractivity contribution in [1.82, 2.24) is 4.98 Å². The average molecular weight is 162 g/mol. The van der Waals surface area contributed by atoms with E-state index in [2.05, 4.69) is 11.1 Å². The van der Waals surface area contributed by atoms with E-state index >= 15 is 0 Å². The third kappa shape index (κ3) is 1.73. The van der Waals surface area contributed by atoms with Gasteiger partial charge < -0.3 is 4.74 Å². The lowest BCUT2D eigenvalue weighted by atomic mass is 10.1. The van der Waals surface area contributed by atoms with Crippen LogP contribution >= 0.6 is 0 Å². The van der Waals surface area contributed by atoms with Gasteiger partial charge in [-0.15, -0.1) is 0 Å². The lowest BCUT2D eigenvalue weighted by Crippen LogP contribution is -1.93. The summed E-state index contributed by atoms with van der Waals surface area (Å²) < 4.78 is 5.04. The fraction of sp³-hybridized carbons (Fsp3) is 0.333. The summed E-state index contributed by atoms with van der Waals surface area (Å²) in [5.74, 6) is 0.683. The van der Waals surface area contributed by atoms with Crippen LogP contribution in [0, 0.1) is 18.3 Å². The summed E-state index contributed by atoms with van der Waals surface area (Å²) in [6, 6.07) is 3.94. The molecule has 1 aromatic heterocycles. The Morgan fingerprint density at radius 3 is 3.00 bits per heavy atom. The monoisotopic (exact) mass is 162 g/mol. The number of nitriles is 1. The van der Waals surface area contributed by atoms with E-state index < -0.39 is 0 Å². The smallest absolute Gasteiger partial charge is 0.141 e. The zero-order chi connectivity index (χ0) is 8.97. The van der Waals surface area contributed by atoms with Crippen LogP contribution in [0.15, 0.2) is 12.3 Å². The second-order valence-electron chi connectivity index (χ2n) is 2.47. The van der Waals surface area contributed by atoms with Crippen LogP contribution in [0.4, 0.5) is 0 Å². The van der Waals surface area contributed by atoms with Crippen LogP contribution in [-0.4, -0.2) is 12.1 Å². The summed E-state index contributed by atoms with van der Waals surface area (Å²) in [6.07, 6.45) is 2.01. The fourth-order valence-electron chi connectivity index (χ4n) is 1.01. The summed E-state index contributed by atoms with van der Waals surface area (Å²) in [5, 5.41) is 8.50. The van der Waals surface area contributed by atoms with Crippen molar-refractivity contribution in [2.24, 2.45) is 0 Å². The molecule has 0 saturated heterocycles. The Kier molecular flexibility index (Phi) is 2.65. The van der Waals surface area contributed by atoms with Gasteiger partial charge in [-0.2, -0.15) is 5.26 Å². The topological polar surface area (TPSA) is 45.9 Å². The largest absolute Gasteiger partial charge is 0.495 e. The van der Waals surface area contributed by atoms with Gasteiger partial charge in [0.05, 0.1) is 25.8 Å². The van der Waals surface area contributed by atoms with Crippen LogP contribution in [0.25, 0.3) is 0 Å². The van der Waals surface area contributed by atoms with Crippen molar-refractivity contribution in [2.45, 2.75) is 13.3 Å². The molecule has 12 heavy (non-hydrogen) atoms. The van der Waals surface area contributed by atoms with Crippen molar-refractivity contribution < 1.29 is 4.74 Å². The molecule has 0 aromatic carbocycles. The van der Waals surface area contributed by atoms with E-state index in [0.717, 1.165) is 11.3 Å². The summed E-state index contributed by atoms with van der Waals surface area (Å²) in [7, 11) is 1.58. The average Bonchev–Trinajstić information content (AvgIpc) is 2.05. The van der Waals surface area contributed by atoms with Crippen LogP contribution in [0.3, 0.4) is 0 Å². The van der Waals surface area contributed by atoms with Crippen LogP contribution in [0.1, 0.15) is 11.3 Å². The maximum absolute atomic E-state index is 8.50. The summed E-state index contributed by atoms with van der Waals surface area (Å²) >= 11 is 0. The Morgan fingerprint density at radius 1 is 1.67 bits per heavy atom. The van der Waals surface area contributed by atoms with Gasteiger partial charge in [-0.3, -0.25) is 4.98 Å². The molecule has 0 aliphatic carbocycles. The van der Waals surface area contributed by atoms with Crippen molar-refractivity contribution in [3.63, 3.8) is 0 Å². The minimum absolute atomic E-state index is 0.368. The third-order valence-electron chi connectivity index (χ3n) is 1.57. The van der Waals surface area contributed by atoms with Gasteiger partial charge >= 0.3 is 0 Å². The second kappa shape index (κ2) is 3.72. The standard InChI is InChI=1S/C9H10N2O/c1-7-5-8(3-4-10)9(12-2)6-11-7/h5-6H,3H2,1-2H3. The van der Waals surface area contributed by atoms with Crippen molar-refractivity contribution in [3.05, 3.63) is 23.5 Å². The first-order chi connectivity index (χ1) is 5.77. The zero-order valence-electron chi connectivity index (χ0n) is 7.16. The molecule has 0 bridgehead atoms. The van der Waals surface area contributed by atoms with Gasteiger partial charge in [0.1, 0.15) is 5.75 Å². The number of aromatic nitrogens is 1. The molecule has 0 radical (unpaired) electrons. The van der Waals surface area contributed by atoms with E-state index in [1.54, 1.807) is 13.3 Å². The summed E-state index contributed by atoms with van der Waals surface area (Å²) in [5.41, 5.74) is 1.80. The van der Waals surface area contributed by atoms with Crippen molar-refractivity contribution in [1.29, 1.82) is 5.26 Å². The predicted octanol–water partition coefficient (Wildman–Crippen LogP) is 1.46. The number of hydrogen-bond acceptors (Lipinski definition) is 3. The molecule has 0 spiro atoms. The molecule has 1 heterocycles. The SMILES string of the molecule is COc1cnc(C)cc1CC#N. The first-order valence-corrected chi connectivity index (χ1v) is 3.64. The predicted molar refractivity (Wildman–Crippen MR) is 44.8 cm³/mol. The van der Waals surface area contributed by atoms with Gasteiger partial charge in [-0.05, 0) is 13.0 Å². The van der Waals surface area contributed by atoms with Crippen LogP contribution < -0.4 is 4.74 Å². The maximum Gasteiger partial charge on any atom is 0.141 e. The first kappa shape index (κ1) is 8.54. The van der Waals surface area contributed by atoms with Gasteiger partial charge in [-0.25, -0.2) is 0 Å². The van der Waals surface area contributed by atoms with Gasteiger partial charge in [0.15, 0.2) is 0 Å². The minimum atomic E-state index is 0.368. The number of methoxy groups -OCH3 is 1. The maximum atomic E-state index is 8.50. The molecule has 0 N–H and O–H groups in total. The Balaban J connectivity index is 3.05. The number of nitrogens with zero attached hydrogens (tertiary/aromatic N) is 2. The highest BCUT2D eigenvalue weighted by Crippen LogP contribution is 2.17. The van der Waals surface area contributed by atoms with Gasteiger partial charge in [0, 0.05) is 11.3 Å². The molecule has 62 valence electrons. The fourth-order valence-corrected chi connectivity index (χ4v) is 1.01. The molecule has 0 aliphatic heterocycles. The molecule has 1 aromatic rings. The quantitative estimate of drug-likeness (QED) is 0.661. The number of aryl methyl sites for hydroxylation is 1. The van der Waals surface area contributed by atoms with E-state index in [0.29, 0.717) is 12.2 Å². The summed E-state index contributed by atoms with van der Waals surface area (Å²) in [4.78, 5) is 4.06. The molecule has 1 rings (SSSR count). The van der Waals surface area contributed by atoms with Gasteiger partial charge in [0.25, 0.3) is 0 Å². The lowest BCUT2D eigenvalue weighted by Gasteiger charge is -2.04. The number of rotatable bonds is 2. The Hall–Kier alpha value is -1.56. The van der Waals surface area contributed by atoms with E-state index in [4.69, 9.17) is 10.00 Å². The molecule has 0 amide bonds. The van der Waals surface area contributed by atoms with E-state index in [1.807, 2.05) is 13.0 Å². The minimum Gasteiger partial charge on any atom is -0.495 e. The number of pyridine rings is 1. The highest BCUT2D eigenvalue weighted by molar-refractivity contribution is 5.34. The number of hydrogen-bond donors (Lipinski definition) is 0. The molecular weight excluding hydrogens is 152 g/mol. The van der Waals surface area contributed by atoms with Gasteiger partial charge in [0.2, 0.25) is 0 Å². The lowest BCUT2D eigenvalue weighted by molar-refractivity contribution is 0.408. The summed E-state index contributed by atoms with van der Waals surface area (Å²) in [6.45, 7) is 1.89. The number of ether oxygens (including phenoxy) is 1. The normalized spacial score (nSPS) is 9.08. The molecule has 0 atom stereocenters. The Labute approximate surface area is 71.6 Å².